The van der Waals surface area contributed by atoms with Crippen LogP contribution in [0.5, 0.6) is 0 Å². The van der Waals surface area contributed by atoms with Crippen LogP contribution >= 0.6 is 12.2 Å². The highest BCUT2D eigenvalue weighted by molar-refractivity contribution is 7.80. The number of amides is 1. The zero-order chi connectivity index (χ0) is 18.4. The third-order valence-corrected chi connectivity index (χ3v) is 3.86. The molecule has 0 aromatic carbocycles. The lowest BCUT2D eigenvalue weighted by Crippen LogP contribution is -2.34. The second-order valence-electron chi connectivity index (χ2n) is 5.27. The second kappa shape index (κ2) is 8.47. The quantitative estimate of drug-likeness (QED) is 0.535. The van der Waals surface area contributed by atoms with Crippen LogP contribution in [0.2, 0.25) is 0 Å². The van der Waals surface area contributed by atoms with E-state index in [1.165, 1.54) is 18.3 Å². The molecule has 1 amide bonds. The van der Waals surface area contributed by atoms with Gasteiger partial charge >= 0.3 is 6.09 Å². The van der Waals surface area contributed by atoms with Gasteiger partial charge in [-0.2, -0.15) is 5.10 Å². The number of thiocarbonyl (C=S) groups is 1. The minimum atomic E-state index is -0.603. The highest BCUT2D eigenvalue weighted by Gasteiger charge is 2.32. The first-order valence-corrected chi connectivity index (χ1v) is 7.91. The molecule has 1 atom stereocenters. The van der Waals surface area contributed by atoms with Crippen LogP contribution in [-0.4, -0.2) is 66.8 Å². The van der Waals surface area contributed by atoms with Crippen molar-refractivity contribution >= 4 is 29.8 Å². The normalized spacial score (nSPS) is 20.0. The van der Waals surface area contributed by atoms with Gasteiger partial charge in [-0.05, 0) is 18.3 Å². The Morgan fingerprint density at radius 2 is 2.44 bits per heavy atom. The summed E-state index contributed by atoms with van der Waals surface area (Å²) in [7, 11) is 1.44. The number of ether oxygens (including phenoxy) is 2. The smallest absolute Gasteiger partial charge is 0.414 e. The zero-order valence-corrected chi connectivity index (χ0v) is 14.6. The predicted octanol–water partition coefficient (Wildman–Crippen LogP) is 1.06. The molecule has 8 nitrogen and oxygen atoms in total. The lowest BCUT2D eigenvalue weighted by atomic mass is 10.2. The Bertz CT molecular complexity index is 637. The maximum Gasteiger partial charge on any atom is 0.414 e. The monoisotopic (exact) mass is 369 g/mol. The maximum atomic E-state index is 14.4. The molecule has 0 spiro atoms. The molecule has 0 aromatic rings. The highest BCUT2D eigenvalue weighted by Crippen LogP contribution is 2.21. The molecule has 2 rings (SSSR count). The first-order valence-electron chi connectivity index (χ1n) is 7.50. The molecule has 25 heavy (non-hydrogen) atoms. The zero-order valence-electron chi connectivity index (χ0n) is 13.8. The first kappa shape index (κ1) is 18.7. The SMILES string of the molecule is C=C(/C(F)=C\C(=C)N1CC(CNC(=S)OC)OC1=O)N1C=NNCC1. The van der Waals surface area contributed by atoms with Gasteiger partial charge in [0.2, 0.25) is 0 Å². The van der Waals surface area contributed by atoms with E-state index >= 15 is 0 Å². The van der Waals surface area contributed by atoms with E-state index in [1.54, 1.807) is 4.90 Å². The third kappa shape index (κ3) is 4.92. The van der Waals surface area contributed by atoms with Crippen LogP contribution in [0.15, 0.2) is 41.6 Å². The number of nitrogens with zero attached hydrogens (tertiary/aromatic N) is 3. The molecule has 2 N–H and O–H groups in total. The molecule has 2 aliphatic heterocycles. The molecule has 1 saturated heterocycles. The molecule has 1 unspecified atom stereocenters. The van der Waals surface area contributed by atoms with Crippen molar-refractivity contribution in [1.82, 2.24) is 20.5 Å². The minimum Gasteiger partial charge on any atom is -0.474 e. The number of rotatable bonds is 6. The van der Waals surface area contributed by atoms with Gasteiger partial charge in [-0.1, -0.05) is 13.2 Å². The van der Waals surface area contributed by atoms with Crippen LogP contribution < -0.4 is 10.7 Å². The molecular formula is C15H20FN5O3S. The molecule has 136 valence electrons. The number of halogens is 1. The maximum absolute atomic E-state index is 14.4. The van der Waals surface area contributed by atoms with Crippen molar-refractivity contribution in [1.29, 1.82) is 0 Å². The van der Waals surface area contributed by atoms with Crippen LogP contribution in [0.1, 0.15) is 0 Å². The van der Waals surface area contributed by atoms with Crippen molar-refractivity contribution in [2.45, 2.75) is 6.10 Å². The van der Waals surface area contributed by atoms with E-state index in [-0.39, 0.29) is 23.1 Å². The van der Waals surface area contributed by atoms with E-state index in [2.05, 4.69) is 29.0 Å². The summed E-state index contributed by atoms with van der Waals surface area (Å²) in [6.45, 7) is 9.07. The number of carbonyl (C=O) groups is 1. The van der Waals surface area contributed by atoms with Crippen LogP contribution in [-0.2, 0) is 9.47 Å². The largest absolute Gasteiger partial charge is 0.474 e. The van der Waals surface area contributed by atoms with Crippen LogP contribution in [0.3, 0.4) is 0 Å². The van der Waals surface area contributed by atoms with Crippen LogP contribution in [0.25, 0.3) is 0 Å². The average Bonchev–Trinajstić information content (AvgIpc) is 3.00. The molecule has 10 heteroatoms. The van der Waals surface area contributed by atoms with Gasteiger partial charge in [0.15, 0.2) is 0 Å². The summed E-state index contributed by atoms with van der Waals surface area (Å²) in [5.41, 5.74) is 3.08. The number of nitrogens with one attached hydrogen (secondary N) is 2. The fourth-order valence-corrected chi connectivity index (χ4v) is 2.27. The Morgan fingerprint density at radius 1 is 1.68 bits per heavy atom. The van der Waals surface area contributed by atoms with Gasteiger partial charge in [-0.3, -0.25) is 4.90 Å². The first-order chi connectivity index (χ1) is 11.9. The Labute approximate surface area is 150 Å². The number of hydrogen-bond donors (Lipinski definition) is 2. The van der Waals surface area contributed by atoms with E-state index in [9.17, 15) is 9.18 Å². The van der Waals surface area contributed by atoms with Crippen molar-refractivity contribution in [3.05, 3.63) is 36.5 Å². The number of methoxy groups -OCH3 is 1. The highest BCUT2D eigenvalue weighted by atomic mass is 32.1. The number of hydrogen-bond acceptors (Lipinski definition) is 7. The lowest BCUT2D eigenvalue weighted by Gasteiger charge is -2.24. The summed E-state index contributed by atoms with van der Waals surface area (Å²) in [6.07, 6.45) is 1.55. The van der Waals surface area contributed by atoms with E-state index < -0.39 is 18.0 Å². The topological polar surface area (TPSA) is 78.4 Å². The fraction of sp³-hybridized carbons (Fsp3) is 0.400. The molecule has 0 aliphatic carbocycles. The van der Waals surface area contributed by atoms with Gasteiger partial charge < -0.3 is 25.1 Å². The van der Waals surface area contributed by atoms with Gasteiger partial charge in [0.1, 0.15) is 18.3 Å². The van der Waals surface area contributed by atoms with Crippen molar-refractivity contribution in [2.75, 3.05) is 33.3 Å². The molecule has 0 bridgehead atoms. The Balaban J connectivity index is 1.94. The fourth-order valence-electron chi connectivity index (χ4n) is 2.18. The molecule has 0 aromatic heterocycles. The summed E-state index contributed by atoms with van der Waals surface area (Å²) in [5, 5.41) is 6.85. The van der Waals surface area contributed by atoms with Gasteiger partial charge in [0.05, 0.1) is 32.4 Å². The molecule has 2 aliphatic rings. The van der Waals surface area contributed by atoms with E-state index in [1.807, 2.05) is 0 Å². The summed E-state index contributed by atoms with van der Waals surface area (Å²) in [5.74, 6) is -0.603. The van der Waals surface area contributed by atoms with E-state index in [4.69, 9.17) is 21.7 Å². The minimum absolute atomic E-state index is 0.141. The number of allylic oxidation sites excluding steroid dienone is 2. The molecular weight excluding hydrogens is 349 g/mol. The third-order valence-electron chi connectivity index (χ3n) is 3.55. The Morgan fingerprint density at radius 3 is 3.08 bits per heavy atom. The standard InChI is InChI=1S/C15H20FN5O3S/c1-10(6-13(16)11(2)20-5-4-18-19-9-20)21-8-12(24-15(21)22)7-17-14(25)23-3/h6,9,12,18H,1-2,4-5,7-8H2,3H3,(H,17,25)/b13-6+. The summed E-state index contributed by atoms with van der Waals surface area (Å²) in [4.78, 5) is 14.7. The summed E-state index contributed by atoms with van der Waals surface area (Å²) in [6, 6.07) is 0. The van der Waals surface area contributed by atoms with E-state index in [0.29, 0.717) is 19.6 Å². The number of hydrazone groups is 1. The van der Waals surface area contributed by atoms with Gasteiger partial charge in [0.25, 0.3) is 5.17 Å². The van der Waals surface area contributed by atoms with Gasteiger partial charge in [0, 0.05) is 12.2 Å². The number of cyclic esters (lactones) is 1. The summed E-state index contributed by atoms with van der Waals surface area (Å²) < 4.78 is 24.4. The Hall–Kier alpha value is -2.62. The van der Waals surface area contributed by atoms with Crippen LogP contribution in [0, 0.1) is 0 Å². The lowest BCUT2D eigenvalue weighted by molar-refractivity contribution is 0.135. The molecule has 0 saturated carbocycles. The van der Waals surface area contributed by atoms with Crippen molar-refractivity contribution in [3.8, 4) is 0 Å². The molecule has 2 heterocycles. The molecule has 0 radical (unpaired) electrons. The number of carbonyl (C=O) groups excluding carboxylic acids is 1. The summed E-state index contributed by atoms with van der Waals surface area (Å²) >= 11 is 4.85. The van der Waals surface area contributed by atoms with Crippen LogP contribution in [0.4, 0.5) is 9.18 Å². The van der Waals surface area contributed by atoms with Crippen molar-refractivity contribution < 1.29 is 18.7 Å². The molecule has 1 fully saturated rings. The Kier molecular flexibility index (Phi) is 6.34. The van der Waals surface area contributed by atoms with Crippen molar-refractivity contribution in [3.63, 3.8) is 0 Å². The second-order valence-corrected chi connectivity index (χ2v) is 5.64. The van der Waals surface area contributed by atoms with Gasteiger partial charge in [-0.15, -0.1) is 0 Å². The van der Waals surface area contributed by atoms with Crippen molar-refractivity contribution in [2.24, 2.45) is 5.10 Å². The van der Waals surface area contributed by atoms with Gasteiger partial charge in [-0.25, -0.2) is 9.18 Å². The predicted molar refractivity (Wildman–Crippen MR) is 95.3 cm³/mol. The van der Waals surface area contributed by atoms with E-state index in [0.717, 1.165) is 6.08 Å². The average molecular weight is 369 g/mol.